The monoisotopic (exact) mass is 280 g/mol. The molecule has 0 unspecified atom stereocenters. The smallest absolute Gasteiger partial charge is 0.153 e. The lowest BCUT2D eigenvalue weighted by Crippen LogP contribution is -2.05. The number of imidazole rings is 1. The Labute approximate surface area is 125 Å². The second-order valence-electron chi connectivity index (χ2n) is 5.60. The summed E-state index contributed by atoms with van der Waals surface area (Å²) in [6.45, 7) is 8.28. The molecule has 1 aromatic heterocycles. The van der Waals surface area contributed by atoms with Crippen LogP contribution >= 0.6 is 0 Å². The number of benzene rings is 2. The van der Waals surface area contributed by atoms with Crippen molar-refractivity contribution >= 4 is 11.0 Å². The van der Waals surface area contributed by atoms with Gasteiger partial charge in [-0.1, -0.05) is 18.2 Å². The van der Waals surface area contributed by atoms with E-state index in [0.717, 1.165) is 22.6 Å². The summed E-state index contributed by atoms with van der Waals surface area (Å²) in [5.74, 6) is 1.74. The molecule has 3 rings (SSSR count). The number of aromatic amines is 1. The standard InChI is InChI=1S/C18H20N2O/c1-11-8-9-15(10-13(11)3)21-14(4)18-19-16-7-5-6-12(2)17(16)20-18/h5-10,14H,1-4H3,(H,19,20)/t14-/m0/s1. The highest BCUT2D eigenvalue weighted by Gasteiger charge is 2.13. The van der Waals surface area contributed by atoms with Crippen LogP contribution < -0.4 is 4.74 Å². The molecular weight excluding hydrogens is 260 g/mol. The molecule has 0 amide bonds. The summed E-state index contributed by atoms with van der Waals surface area (Å²) < 4.78 is 6.01. The van der Waals surface area contributed by atoms with Crippen LogP contribution in [0.15, 0.2) is 36.4 Å². The number of hydrogen-bond acceptors (Lipinski definition) is 2. The minimum absolute atomic E-state index is 0.112. The molecule has 0 spiro atoms. The first-order chi connectivity index (χ1) is 10.0. The van der Waals surface area contributed by atoms with Crippen molar-refractivity contribution in [2.75, 3.05) is 0 Å². The van der Waals surface area contributed by atoms with E-state index in [1.165, 1.54) is 16.7 Å². The highest BCUT2D eigenvalue weighted by molar-refractivity contribution is 5.78. The SMILES string of the molecule is Cc1ccc(O[C@@H](C)c2nc3c(C)cccc3[nH]2)cc1C. The van der Waals surface area contributed by atoms with Gasteiger partial charge in [-0.25, -0.2) is 4.98 Å². The predicted octanol–water partition coefficient (Wildman–Crippen LogP) is 4.63. The first-order valence-electron chi connectivity index (χ1n) is 7.24. The van der Waals surface area contributed by atoms with Gasteiger partial charge in [0.1, 0.15) is 11.6 Å². The van der Waals surface area contributed by atoms with E-state index in [-0.39, 0.29) is 6.10 Å². The van der Waals surface area contributed by atoms with E-state index in [2.05, 4.69) is 48.9 Å². The lowest BCUT2D eigenvalue weighted by molar-refractivity contribution is 0.218. The summed E-state index contributed by atoms with van der Waals surface area (Å²) >= 11 is 0. The van der Waals surface area contributed by atoms with Gasteiger partial charge in [-0.15, -0.1) is 0 Å². The van der Waals surface area contributed by atoms with Crippen LogP contribution in [0.3, 0.4) is 0 Å². The van der Waals surface area contributed by atoms with Gasteiger partial charge < -0.3 is 9.72 Å². The molecule has 3 heteroatoms. The third kappa shape index (κ3) is 2.64. The van der Waals surface area contributed by atoms with Gasteiger partial charge >= 0.3 is 0 Å². The van der Waals surface area contributed by atoms with Crippen molar-refractivity contribution < 1.29 is 4.74 Å². The molecule has 0 radical (unpaired) electrons. The van der Waals surface area contributed by atoms with Crippen molar-refractivity contribution in [3.05, 3.63) is 58.9 Å². The van der Waals surface area contributed by atoms with E-state index in [1.54, 1.807) is 0 Å². The number of fused-ring (bicyclic) bond motifs is 1. The van der Waals surface area contributed by atoms with Crippen molar-refractivity contribution in [1.82, 2.24) is 9.97 Å². The summed E-state index contributed by atoms with van der Waals surface area (Å²) in [6, 6.07) is 12.3. The summed E-state index contributed by atoms with van der Waals surface area (Å²) in [7, 11) is 0. The van der Waals surface area contributed by atoms with E-state index in [9.17, 15) is 0 Å². The average Bonchev–Trinajstić information content (AvgIpc) is 2.89. The second kappa shape index (κ2) is 5.24. The minimum Gasteiger partial charge on any atom is -0.483 e. The Morgan fingerprint density at radius 2 is 1.81 bits per heavy atom. The fraction of sp³-hybridized carbons (Fsp3) is 0.278. The number of nitrogens with zero attached hydrogens (tertiary/aromatic N) is 1. The van der Waals surface area contributed by atoms with Crippen molar-refractivity contribution in [2.24, 2.45) is 0 Å². The van der Waals surface area contributed by atoms with Gasteiger partial charge in [0.05, 0.1) is 11.0 Å². The van der Waals surface area contributed by atoms with Gasteiger partial charge in [-0.2, -0.15) is 0 Å². The molecule has 0 aliphatic rings. The maximum atomic E-state index is 6.01. The van der Waals surface area contributed by atoms with Gasteiger partial charge in [-0.05, 0) is 62.6 Å². The minimum atomic E-state index is -0.112. The number of aryl methyl sites for hydroxylation is 3. The number of para-hydroxylation sites is 1. The second-order valence-corrected chi connectivity index (χ2v) is 5.60. The largest absolute Gasteiger partial charge is 0.483 e. The topological polar surface area (TPSA) is 37.9 Å². The number of rotatable bonds is 3. The van der Waals surface area contributed by atoms with Crippen LogP contribution in [0.4, 0.5) is 0 Å². The van der Waals surface area contributed by atoms with Crippen LogP contribution in [0.25, 0.3) is 11.0 Å². The highest BCUT2D eigenvalue weighted by Crippen LogP contribution is 2.24. The fourth-order valence-electron chi connectivity index (χ4n) is 2.43. The summed E-state index contributed by atoms with van der Waals surface area (Å²) in [4.78, 5) is 8.01. The molecule has 3 aromatic rings. The van der Waals surface area contributed by atoms with Crippen LogP contribution in [0.2, 0.25) is 0 Å². The third-order valence-corrected chi connectivity index (χ3v) is 3.91. The van der Waals surface area contributed by atoms with Gasteiger partial charge in [-0.3, -0.25) is 0 Å². The Morgan fingerprint density at radius 1 is 1.00 bits per heavy atom. The van der Waals surface area contributed by atoms with Crippen molar-refractivity contribution in [2.45, 2.75) is 33.8 Å². The van der Waals surface area contributed by atoms with Crippen molar-refractivity contribution in [3.63, 3.8) is 0 Å². The molecule has 2 aromatic carbocycles. The molecule has 0 aliphatic carbocycles. The van der Waals surface area contributed by atoms with Gasteiger partial charge in [0.25, 0.3) is 0 Å². The molecule has 108 valence electrons. The predicted molar refractivity (Wildman–Crippen MR) is 85.8 cm³/mol. The molecule has 0 aliphatic heterocycles. The Morgan fingerprint density at radius 3 is 2.52 bits per heavy atom. The van der Waals surface area contributed by atoms with Crippen LogP contribution in [-0.4, -0.2) is 9.97 Å². The first-order valence-corrected chi connectivity index (χ1v) is 7.24. The van der Waals surface area contributed by atoms with Crippen LogP contribution in [0.1, 0.15) is 35.5 Å². The zero-order valence-corrected chi connectivity index (χ0v) is 12.9. The zero-order valence-electron chi connectivity index (χ0n) is 12.9. The molecule has 0 saturated carbocycles. The molecule has 1 atom stereocenters. The molecule has 3 nitrogen and oxygen atoms in total. The van der Waals surface area contributed by atoms with Gasteiger partial charge in [0.15, 0.2) is 6.10 Å². The van der Waals surface area contributed by atoms with E-state index >= 15 is 0 Å². The van der Waals surface area contributed by atoms with E-state index in [1.807, 2.05) is 25.1 Å². The van der Waals surface area contributed by atoms with Crippen LogP contribution in [-0.2, 0) is 0 Å². The number of hydrogen-bond donors (Lipinski definition) is 1. The quantitative estimate of drug-likeness (QED) is 0.759. The highest BCUT2D eigenvalue weighted by atomic mass is 16.5. The summed E-state index contributed by atoms with van der Waals surface area (Å²) in [6.07, 6.45) is -0.112. The maximum absolute atomic E-state index is 6.01. The summed E-state index contributed by atoms with van der Waals surface area (Å²) in [5.41, 5.74) is 5.76. The average molecular weight is 280 g/mol. The molecule has 0 bridgehead atoms. The zero-order chi connectivity index (χ0) is 15.0. The third-order valence-electron chi connectivity index (χ3n) is 3.91. The van der Waals surface area contributed by atoms with E-state index in [0.29, 0.717) is 0 Å². The lowest BCUT2D eigenvalue weighted by atomic mass is 10.1. The number of aromatic nitrogens is 2. The Hall–Kier alpha value is -2.29. The number of ether oxygens (including phenoxy) is 1. The molecule has 21 heavy (non-hydrogen) atoms. The number of nitrogens with one attached hydrogen (secondary N) is 1. The Bertz CT molecular complexity index is 789. The first kappa shape index (κ1) is 13.7. The van der Waals surface area contributed by atoms with Crippen LogP contribution in [0.5, 0.6) is 5.75 Å². The van der Waals surface area contributed by atoms with Crippen molar-refractivity contribution in [3.8, 4) is 5.75 Å². The van der Waals surface area contributed by atoms with Gasteiger partial charge in [0, 0.05) is 0 Å². The van der Waals surface area contributed by atoms with Crippen LogP contribution in [0, 0.1) is 20.8 Å². The number of H-pyrrole nitrogens is 1. The summed E-state index contributed by atoms with van der Waals surface area (Å²) in [5, 5.41) is 0. The van der Waals surface area contributed by atoms with Gasteiger partial charge in [0.2, 0.25) is 0 Å². The molecule has 1 N–H and O–H groups in total. The molecule has 0 saturated heterocycles. The molecule has 0 fully saturated rings. The van der Waals surface area contributed by atoms with E-state index in [4.69, 9.17) is 4.74 Å². The Kier molecular flexibility index (Phi) is 3.42. The molecular formula is C18H20N2O. The van der Waals surface area contributed by atoms with Crippen molar-refractivity contribution in [1.29, 1.82) is 0 Å². The fourth-order valence-corrected chi connectivity index (χ4v) is 2.43. The molecule has 1 heterocycles. The normalized spacial score (nSPS) is 12.6. The Balaban J connectivity index is 1.87. The maximum Gasteiger partial charge on any atom is 0.153 e. The lowest BCUT2D eigenvalue weighted by Gasteiger charge is -2.13. The van der Waals surface area contributed by atoms with E-state index < -0.39 is 0 Å².